The van der Waals surface area contributed by atoms with Gasteiger partial charge < -0.3 is 10.3 Å². The molecule has 26 heavy (non-hydrogen) atoms. The second-order valence-corrected chi connectivity index (χ2v) is 6.07. The van der Waals surface area contributed by atoms with Crippen molar-refractivity contribution in [3.05, 3.63) is 59.1 Å². The van der Waals surface area contributed by atoms with Gasteiger partial charge in [-0.1, -0.05) is 41.9 Å². The lowest BCUT2D eigenvalue weighted by atomic mass is 10.1. The Kier molecular flexibility index (Phi) is 5.20. The fraction of sp³-hybridized carbons (Fsp3) is 0.105. The molecule has 0 aliphatic heterocycles. The quantitative estimate of drug-likeness (QED) is 0.365. The monoisotopic (exact) mass is 364 g/mol. The van der Waals surface area contributed by atoms with E-state index >= 15 is 0 Å². The van der Waals surface area contributed by atoms with Gasteiger partial charge in [0.2, 0.25) is 5.96 Å². The fourth-order valence-corrected chi connectivity index (χ4v) is 3.07. The van der Waals surface area contributed by atoms with Crippen molar-refractivity contribution in [2.45, 2.75) is 13.0 Å². The van der Waals surface area contributed by atoms with E-state index in [1.165, 1.54) is 0 Å². The highest BCUT2D eigenvalue weighted by molar-refractivity contribution is 6.30. The summed E-state index contributed by atoms with van der Waals surface area (Å²) in [5, 5.41) is 22.0. The minimum atomic E-state index is -0.234. The van der Waals surface area contributed by atoms with Gasteiger partial charge in [0.1, 0.15) is 0 Å². The molecule has 0 aliphatic rings. The molecular formula is C19H17ClN6. The Morgan fingerprint density at radius 1 is 1.27 bits per heavy atom. The smallest absolute Gasteiger partial charge is 0.206 e. The Balaban J connectivity index is 2.26. The highest BCUT2D eigenvalue weighted by Gasteiger charge is 2.17. The fourth-order valence-electron chi connectivity index (χ4n) is 2.94. The predicted octanol–water partition coefficient (Wildman–Crippen LogP) is 3.69. The minimum absolute atomic E-state index is 0.234. The number of nitrogens with zero attached hydrogens (tertiary/aromatic N) is 3. The summed E-state index contributed by atoms with van der Waals surface area (Å²) >= 11 is 6.04. The third kappa shape index (κ3) is 3.53. The zero-order valence-electron chi connectivity index (χ0n) is 13.9. The van der Waals surface area contributed by atoms with Crippen LogP contribution in [-0.2, 0) is 6.54 Å². The van der Waals surface area contributed by atoms with E-state index in [1.807, 2.05) is 48.5 Å². The maximum atomic E-state index is 9.05. The molecule has 3 rings (SSSR count). The number of aryl methyl sites for hydroxylation is 1. The molecule has 0 radical (unpaired) electrons. The number of benzene rings is 2. The van der Waals surface area contributed by atoms with Crippen LogP contribution >= 0.6 is 11.6 Å². The Hall–Kier alpha value is -3.30. The van der Waals surface area contributed by atoms with Crippen molar-refractivity contribution in [3.8, 4) is 17.3 Å². The molecule has 6 nitrogen and oxygen atoms in total. The van der Waals surface area contributed by atoms with Crippen LogP contribution in [0.25, 0.3) is 22.2 Å². The van der Waals surface area contributed by atoms with Gasteiger partial charge in [0, 0.05) is 28.0 Å². The molecule has 130 valence electrons. The van der Waals surface area contributed by atoms with Crippen LogP contribution in [0.15, 0.2) is 53.6 Å². The number of halogens is 1. The van der Waals surface area contributed by atoms with Crippen molar-refractivity contribution < 1.29 is 0 Å². The molecule has 3 aromatic rings. The number of guanidine groups is 1. The van der Waals surface area contributed by atoms with E-state index in [4.69, 9.17) is 28.0 Å². The number of hydrazone groups is 1. The summed E-state index contributed by atoms with van der Waals surface area (Å²) in [7, 11) is 0. The molecule has 7 heteroatoms. The number of hydrogen-bond acceptors (Lipinski definition) is 3. The maximum absolute atomic E-state index is 9.05. The first kappa shape index (κ1) is 17.5. The van der Waals surface area contributed by atoms with Crippen LogP contribution in [0.1, 0.15) is 12.0 Å². The molecule has 0 unspecified atom stereocenters. The highest BCUT2D eigenvalue weighted by atomic mass is 35.5. The lowest BCUT2D eigenvalue weighted by Gasteiger charge is -2.10. The number of para-hydroxylation sites is 1. The number of hydrogen-bond donors (Lipinski definition) is 3. The van der Waals surface area contributed by atoms with Gasteiger partial charge in [-0.3, -0.25) is 5.41 Å². The average molecular weight is 365 g/mol. The first-order valence-electron chi connectivity index (χ1n) is 7.99. The number of fused-ring (bicyclic) bond motifs is 1. The largest absolute Gasteiger partial charge is 0.369 e. The Morgan fingerprint density at radius 2 is 2.00 bits per heavy atom. The second kappa shape index (κ2) is 7.72. The number of nitrogens with one attached hydrogen (secondary N) is 2. The zero-order valence-corrected chi connectivity index (χ0v) is 14.7. The molecule has 2 aromatic carbocycles. The van der Waals surface area contributed by atoms with Crippen molar-refractivity contribution in [1.29, 1.82) is 10.7 Å². The van der Waals surface area contributed by atoms with Crippen LogP contribution in [-0.4, -0.2) is 16.7 Å². The highest BCUT2D eigenvalue weighted by Crippen LogP contribution is 2.33. The van der Waals surface area contributed by atoms with Gasteiger partial charge >= 0.3 is 0 Å². The number of nitrogens with two attached hydrogens (primary N) is 1. The first-order valence-corrected chi connectivity index (χ1v) is 8.37. The summed E-state index contributed by atoms with van der Waals surface area (Å²) in [5.74, 6) is -0.234. The van der Waals surface area contributed by atoms with Gasteiger partial charge in [0.15, 0.2) is 0 Å². The van der Waals surface area contributed by atoms with Gasteiger partial charge in [-0.25, -0.2) is 5.43 Å². The number of rotatable bonds is 5. The van der Waals surface area contributed by atoms with E-state index < -0.39 is 0 Å². The molecule has 0 atom stereocenters. The molecule has 0 saturated heterocycles. The summed E-state index contributed by atoms with van der Waals surface area (Å²) in [4.78, 5) is 0. The number of nitriles is 1. The summed E-state index contributed by atoms with van der Waals surface area (Å²) in [5.41, 5.74) is 11.6. The third-order valence-electron chi connectivity index (χ3n) is 3.95. The normalized spacial score (nSPS) is 10.9. The van der Waals surface area contributed by atoms with Crippen LogP contribution < -0.4 is 11.2 Å². The lowest BCUT2D eigenvalue weighted by molar-refractivity contribution is 0.751. The summed E-state index contributed by atoms with van der Waals surface area (Å²) in [6.45, 7) is 0.558. The molecule has 0 aliphatic carbocycles. The number of aromatic nitrogens is 1. The van der Waals surface area contributed by atoms with E-state index in [1.54, 1.807) is 6.21 Å². The van der Waals surface area contributed by atoms with Crippen LogP contribution in [0.2, 0.25) is 5.02 Å². The van der Waals surface area contributed by atoms with Crippen LogP contribution in [0.5, 0.6) is 0 Å². The van der Waals surface area contributed by atoms with E-state index in [9.17, 15) is 0 Å². The Labute approximate surface area is 156 Å². The standard InChI is InChI=1S/C19H17ClN6/c20-14-8-6-13(7-9-14)18-16(12-24-25-19(22)23)15-4-1-2-5-17(15)26(18)11-3-10-21/h1-2,4-9,12H,3,11H2,(H4,22,23,25)/b24-12+. The van der Waals surface area contributed by atoms with E-state index in [-0.39, 0.29) is 5.96 Å². The van der Waals surface area contributed by atoms with Crippen molar-refractivity contribution in [3.63, 3.8) is 0 Å². The summed E-state index contributed by atoms with van der Waals surface area (Å²) in [6.07, 6.45) is 2.04. The van der Waals surface area contributed by atoms with Crippen molar-refractivity contribution in [2.24, 2.45) is 10.8 Å². The summed E-state index contributed by atoms with van der Waals surface area (Å²) < 4.78 is 2.11. The average Bonchev–Trinajstić information content (AvgIpc) is 2.94. The van der Waals surface area contributed by atoms with Crippen molar-refractivity contribution in [2.75, 3.05) is 0 Å². The van der Waals surface area contributed by atoms with Gasteiger partial charge in [0.25, 0.3) is 0 Å². The molecule has 1 heterocycles. The Bertz CT molecular complexity index is 1010. The van der Waals surface area contributed by atoms with Gasteiger partial charge in [-0.05, 0) is 23.8 Å². The maximum Gasteiger partial charge on any atom is 0.206 e. The predicted molar refractivity (Wildman–Crippen MR) is 105 cm³/mol. The molecule has 0 saturated carbocycles. The SMILES string of the molecule is N#CCCn1c(-c2ccc(Cl)cc2)c(/C=N/NC(=N)N)c2ccccc21. The van der Waals surface area contributed by atoms with E-state index in [0.717, 1.165) is 27.7 Å². The zero-order chi connectivity index (χ0) is 18.5. The lowest BCUT2D eigenvalue weighted by Crippen LogP contribution is -2.25. The van der Waals surface area contributed by atoms with Crippen molar-refractivity contribution in [1.82, 2.24) is 9.99 Å². The molecule has 0 bridgehead atoms. The second-order valence-electron chi connectivity index (χ2n) is 5.63. The molecule has 1 aromatic heterocycles. The minimum Gasteiger partial charge on any atom is -0.369 e. The van der Waals surface area contributed by atoms with Crippen molar-refractivity contribution >= 4 is 34.7 Å². The van der Waals surface area contributed by atoms with E-state index in [2.05, 4.69) is 21.2 Å². The topological polar surface area (TPSA) is 103 Å². The van der Waals surface area contributed by atoms with Gasteiger partial charge in [-0.15, -0.1) is 0 Å². The van der Waals surface area contributed by atoms with Crippen LogP contribution in [0.4, 0.5) is 0 Å². The third-order valence-corrected chi connectivity index (χ3v) is 4.21. The molecule has 0 fully saturated rings. The molecular weight excluding hydrogens is 348 g/mol. The van der Waals surface area contributed by atoms with E-state index in [0.29, 0.717) is 18.0 Å². The van der Waals surface area contributed by atoms with Gasteiger partial charge in [0.05, 0.1) is 24.4 Å². The summed E-state index contributed by atoms with van der Waals surface area (Å²) in [6, 6.07) is 17.7. The first-order chi connectivity index (χ1) is 12.6. The Morgan fingerprint density at radius 3 is 2.69 bits per heavy atom. The molecule has 0 amide bonds. The van der Waals surface area contributed by atoms with Gasteiger partial charge in [-0.2, -0.15) is 10.4 Å². The van der Waals surface area contributed by atoms with Crippen LogP contribution in [0, 0.1) is 16.7 Å². The van der Waals surface area contributed by atoms with Crippen LogP contribution in [0.3, 0.4) is 0 Å². The molecule has 4 N–H and O–H groups in total. The molecule has 0 spiro atoms.